The molecular weight excluding hydrogens is 256 g/mol. The van der Waals surface area contributed by atoms with Crippen molar-refractivity contribution in [2.75, 3.05) is 6.61 Å². The molecule has 0 spiro atoms. The number of hydrogen-bond acceptors (Lipinski definition) is 1. The van der Waals surface area contributed by atoms with Crippen LogP contribution in [0.1, 0.15) is 118 Å². The Morgan fingerprint density at radius 2 is 0.952 bits per heavy atom. The summed E-state index contributed by atoms with van der Waals surface area (Å²) in [6.45, 7) is 9.94. The highest BCUT2D eigenvalue weighted by Gasteiger charge is 2.19. The van der Waals surface area contributed by atoms with Gasteiger partial charge in [-0.2, -0.15) is 0 Å². The van der Waals surface area contributed by atoms with Gasteiger partial charge in [-0.05, 0) is 26.2 Å². The molecule has 128 valence electrons. The summed E-state index contributed by atoms with van der Waals surface area (Å²) in [4.78, 5) is 0. The fourth-order valence-electron chi connectivity index (χ4n) is 2.72. The van der Waals surface area contributed by atoms with Crippen molar-refractivity contribution in [3.05, 3.63) is 0 Å². The van der Waals surface area contributed by atoms with Crippen LogP contribution in [0.25, 0.3) is 0 Å². The van der Waals surface area contributed by atoms with Crippen LogP contribution in [0.15, 0.2) is 0 Å². The summed E-state index contributed by atoms with van der Waals surface area (Å²) < 4.78 is 6.02. The summed E-state index contributed by atoms with van der Waals surface area (Å²) in [5.74, 6) is 0. The molecule has 0 amide bonds. The molecule has 0 N–H and O–H groups in total. The molecule has 0 saturated heterocycles. The van der Waals surface area contributed by atoms with Crippen LogP contribution >= 0.6 is 0 Å². The molecule has 1 heteroatoms. The van der Waals surface area contributed by atoms with Crippen LogP contribution in [-0.4, -0.2) is 12.2 Å². The van der Waals surface area contributed by atoms with E-state index in [0.29, 0.717) is 0 Å². The maximum absolute atomic E-state index is 6.02. The van der Waals surface area contributed by atoms with Crippen molar-refractivity contribution >= 4 is 0 Å². The highest BCUT2D eigenvalue weighted by Crippen LogP contribution is 2.20. The third-order valence-corrected chi connectivity index (χ3v) is 4.94. The van der Waals surface area contributed by atoms with Crippen LogP contribution in [-0.2, 0) is 4.74 Å². The van der Waals surface area contributed by atoms with E-state index in [4.69, 9.17) is 4.74 Å². The third-order valence-electron chi connectivity index (χ3n) is 4.94. The lowest BCUT2D eigenvalue weighted by molar-refractivity contribution is -0.0385. The van der Waals surface area contributed by atoms with E-state index < -0.39 is 0 Å². The second-order valence-electron chi connectivity index (χ2n) is 6.89. The molecule has 0 aliphatic heterocycles. The van der Waals surface area contributed by atoms with E-state index in [1.807, 2.05) is 0 Å². The lowest BCUT2D eigenvalue weighted by Crippen LogP contribution is -2.27. The molecule has 0 fully saturated rings. The van der Waals surface area contributed by atoms with Crippen molar-refractivity contribution in [3.8, 4) is 0 Å². The number of ether oxygens (including phenoxy) is 1. The van der Waals surface area contributed by atoms with Gasteiger partial charge in [0.1, 0.15) is 0 Å². The van der Waals surface area contributed by atoms with Crippen LogP contribution in [0.3, 0.4) is 0 Å². The number of rotatable bonds is 16. The SMILES string of the molecule is CCCCCCCCCCCCCCOC(C)(CC)CC. The van der Waals surface area contributed by atoms with Crippen molar-refractivity contribution in [1.82, 2.24) is 0 Å². The van der Waals surface area contributed by atoms with Gasteiger partial charge in [0, 0.05) is 6.61 Å². The second kappa shape index (κ2) is 14.9. The first-order chi connectivity index (χ1) is 10.2. The van der Waals surface area contributed by atoms with Gasteiger partial charge in [-0.3, -0.25) is 0 Å². The highest BCUT2D eigenvalue weighted by molar-refractivity contribution is 4.70. The second-order valence-corrected chi connectivity index (χ2v) is 6.89. The zero-order valence-electron chi connectivity index (χ0n) is 15.5. The van der Waals surface area contributed by atoms with E-state index >= 15 is 0 Å². The summed E-state index contributed by atoms with van der Waals surface area (Å²) >= 11 is 0. The molecule has 0 rings (SSSR count). The minimum Gasteiger partial charge on any atom is -0.375 e. The quantitative estimate of drug-likeness (QED) is 0.272. The molecular formula is C20H42O. The van der Waals surface area contributed by atoms with E-state index in [-0.39, 0.29) is 5.60 Å². The van der Waals surface area contributed by atoms with E-state index in [1.165, 1.54) is 77.0 Å². The highest BCUT2D eigenvalue weighted by atomic mass is 16.5. The molecule has 0 atom stereocenters. The van der Waals surface area contributed by atoms with E-state index in [0.717, 1.165) is 19.4 Å². The summed E-state index contributed by atoms with van der Waals surface area (Å²) in [5.41, 5.74) is 0.123. The van der Waals surface area contributed by atoms with Gasteiger partial charge >= 0.3 is 0 Å². The van der Waals surface area contributed by atoms with Crippen molar-refractivity contribution in [2.45, 2.75) is 123 Å². The topological polar surface area (TPSA) is 9.23 Å². The van der Waals surface area contributed by atoms with Crippen LogP contribution in [0.4, 0.5) is 0 Å². The molecule has 0 aliphatic rings. The molecule has 0 aromatic rings. The number of hydrogen-bond donors (Lipinski definition) is 0. The van der Waals surface area contributed by atoms with Gasteiger partial charge in [-0.15, -0.1) is 0 Å². The molecule has 0 unspecified atom stereocenters. The maximum Gasteiger partial charge on any atom is 0.0649 e. The maximum atomic E-state index is 6.02. The number of unbranched alkanes of at least 4 members (excludes halogenated alkanes) is 11. The average molecular weight is 299 g/mol. The normalized spacial score (nSPS) is 12.0. The Bertz CT molecular complexity index is 196. The first kappa shape index (κ1) is 21.0. The largest absolute Gasteiger partial charge is 0.375 e. The Kier molecular flexibility index (Phi) is 14.9. The molecule has 1 nitrogen and oxygen atoms in total. The molecule has 0 aliphatic carbocycles. The van der Waals surface area contributed by atoms with Gasteiger partial charge in [0.05, 0.1) is 5.60 Å². The summed E-state index contributed by atoms with van der Waals surface area (Å²) in [7, 11) is 0. The third kappa shape index (κ3) is 13.4. The van der Waals surface area contributed by atoms with Crippen LogP contribution in [0.5, 0.6) is 0 Å². The summed E-state index contributed by atoms with van der Waals surface area (Å²) in [6.07, 6.45) is 19.2. The van der Waals surface area contributed by atoms with Gasteiger partial charge in [0.15, 0.2) is 0 Å². The minimum absolute atomic E-state index is 0.123. The minimum atomic E-state index is 0.123. The van der Waals surface area contributed by atoms with Crippen molar-refractivity contribution < 1.29 is 4.74 Å². The Morgan fingerprint density at radius 3 is 1.33 bits per heavy atom. The Labute approximate surface area is 135 Å². The van der Waals surface area contributed by atoms with E-state index in [9.17, 15) is 0 Å². The zero-order valence-corrected chi connectivity index (χ0v) is 15.5. The lowest BCUT2D eigenvalue weighted by Gasteiger charge is -2.27. The average Bonchev–Trinajstić information content (AvgIpc) is 2.51. The van der Waals surface area contributed by atoms with E-state index in [2.05, 4.69) is 27.7 Å². The fraction of sp³-hybridized carbons (Fsp3) is 1.00. The first-order valence-electron chi connectivity index (χ1n) is 9.82. The van der Waals surface area contributed by atoms with Gasteiger partial charge in [0.25, 0.3) is 0 Å². The monoisotopic (exact) mass is 298 g/mol. The van der Waals surface area contributed by atoms with Crippen LogP contribution in [0.2, 0.25) is 0 Å². The van der Waals surface area contributed by atoms with Gasteiger partial charge < -0.3 is 4.74 Å². The Balaban J connectivity index is 3.16. The summed E-state index contributed by atoms with van der Waals surface area (Å²) in [5, 5.41) is 0. The molecule has 0 bridgehead atoms. The molecule has 0 radical (unpaired) electrons. The summed E-state index contributed by atoms with van der Waals surface area (Å²) in [6, 6.07) is 0. The van der Waals surface area contributed by atoms with Gasteiger partial charge in [0.2, 0.25) is 0 Å². The molecule has 0 aromatic carbocycles. The molecule has 0 heterocycles. The van der Waals surface area contributed by atoms with E-state index in [1.54, 1.807) is 0 Å². The predicted molar refractivity (Wildman–Crippen MR) is 96.0 cm³/mol. The Morgan fingerprint density at radius 1 is 0.571 bits per heavy atom. The van der Waals surface area contributed by atoms with Crippen molar-refractivity contribution in [3.63, 3.8) is 0 Å². The fourth-order valence-corrected chi connectivity index (χ4v) is 2.72. The van der Waals surface area contributed by atoms with Crippen molar-refractivity contribution in [2.24, 2.45) is 0 Å². The standard InChI is InChI=1S/C20H42O/c1-5-8-9-10-11-12-13-14-15-16-17-18-19-21-20(4,6-2)7-3/h5-19H2,1-4H3. The first-order valence-corrected chi connectivity index (χ1v) is 9.82. The van der Waals surface area contributed by atoms with Crippen LogP contribution < -0.4 is 0 Å². The lowest BCUT2D eigenvalue weighted by atomic mass is 10.00. The van der Waals surface area contributed by atoms with Crippen LogP contribution in [0, 0.1) is 0 Å². The zero-order chi connectivity index (χ0) is 15.8. The molecule has 21 heavy (non-hydrogen) atoms. The molecule has 0 saturated carbocycles. The van der Waals surface area contributed by atoms with Gasteiger partial charge in [-0.25, -0.2) is 0 Å². The Hall–Kier alpha value is -0.0400. The predicted octanol–water partition coefficient (Wildman–Crippen LogP) is 7.28. The van der Waals surface area contributed by atoms with Crippen molar-refractivity contribution in [1.29, 1.82) is 0 Å². The molecule has 0 aromatic heterocycles. The van der Waals surface area contributed by atoms with Gasteiger partial charge in [-0.1, -0.05) is 91.4 Å². The smallest absolute Gasteiger partial charge is 0.0649 e.